The Kier molecular flexibility index (Phi) is 4.30. The van der Waals surface area contributed by atoms with Gasteiger partial charge in [-0.1, -0.05) is 6.07 Å². The molecule has 0 radical (unpaired) electrons. The van der Waals surface area contributed by atoms with E-state index in [1.165, 1.54) is 10.9 Å². The summed E-state index contributed by atoms with van der Waals surface area (Å²) < 4.78 is 0. The molecule has 0 saturated carbocycles. The lowest BCUT2D eigenvalue weighted by Gasteiger charge is -2.07. The van der Waals surface area contributed by atoms with E-state index in [4.69, 9.17) is 0 Å². The van der Waals surface area contributed by atoms with Crippen LogP contribution in [0, 0.1) is 10.1 Å². The van der Waals surface area contributed by atoms with Gasteiger partial charge in [-0.2, -0.15) is 0 Å². The van der Waals surface area contributed by atoms with Crippen LogP contribution in [0.3, 0.4) is 0 Å². The summed E-state index contributed by atoms with van der Waals surface area (Å²) in [5, 5.41) is 18.8. The van der Waals surface area contributed by atoms with Crippen LogP contribution in [0.15, 0.2) is 29.6 Å². The van der Waals surface area contributed by atoms with Crippen LogP contribution in [0.1, 0.15) is 4.88 Å². The van der Waals surface area contributed by atoms with Crippen LogP contribution in [0.4, 0.5) is 17.3 Å². The Balaban J connectivity index is 2.06. The number of aromatic nitrogens is 1. The third-order valence-corrected chi connectivity index (χ3v) is 3.51. The summed E-state index contributed by atoms with van der Waals surface area (Å²) >= 11 is 1.67. The smallest absolute Gasteiger partial charge is 0.311 e. The highest BCUT2D eigenvalue weighted by Gasteiger charge is 2.15. The Morgan fingerprint density at radius 3 is 2.89 bits per heavy atom. The molecule has 6 nitrogen and oxygen atoms in total. The van der Waals surface area contributed by atoms with Gasteiger partial charge in [-0.05, 0) is 23.9 Å². The maximum atomic E-state index is 10.9. The van der Waals surface area contributed by atoms with Crippen molar-refractivity contribution in [2.45, 2.75) is 6.42 Å². The minimum atomic E-state index is -0.431. The SMILES string of the molecule is CNc1ccc([N+](=O)[O-])c(NCCc2cccs2)n1. The quantitative estimate of drug-likeness (QED) is 0.627. The molecule has 0 bridgehead atoms. The molecule has 0 spiro atoms. The summed E-state index contributed by atoms with van der Waals surface area (Å²) in [6.45, 7) is 0.613. The topological polar surface area (TPSA) is 80.1 Å². The third-order valence-electron chi connectivity index (χ3n) is 2.57. The van der Waals surface area contributed by atoms with Crippen LogP contribution < -0.4 is 10.6 Å². The van der Waals surface area contributed by atoms with Gasteiger partial charge in [-0.3, -0.25) is 10.1 Å². The number of hydrogen-bond donors (Lipinski definition) is 2. The Bertz CT molecular complexity index is 557. The molecule has 0 amide bonds. The van der Waals surface area contributed by atoms with Gasteiger partial charge in [0.15, 0.2) is 0 Å². The molecule has 19 heavy (non-hydrogen) atoms. The van der Waals surface area contributed by atoms with E-state index in [-0.39, 0.29) is 5.69 Å². The zero-order chi connectivity index (χ0) is 13.7. The number of hydrogen-bond acceptors (Lipinski definition) is 6. The first-order chi connectivity index (χ1) is 9.20. The number of thiophene rings is 1. The Hall–Kier alpha value is -2.15. The van der Waals surface area contributed by atoms with Crippen molar-refractivity contribution in [1.29, 1.82) is 0 Å². The van der Waals surface area contributed by atoms with Gasteiger partial charge in [-0.25, -0.2) is 4.98 Å². The first-order valence-corrected chi connectivity index (χ1v) is 6.68. The lowest BCUT2D eigenvalue weighted by Crippen LogP contribution is -2.09. The molecular formula is C12H14N4O2S. The Morgan fingerprint density at radius 2 is 2.26 bits per heavy atom. The number of anilines is 2. The van der Waals surface area contributed by atoms with Crippen LogP contribution in [-0.4, -0.2) is 23.5 Å². The van der Waals surface area contributed by atoms with E-state index in [1.807, 2.05) is 17.5 Å². The molecule has 0 atom stereocenters. The molecule has 2 aromatic rings. The molecule has 0 aliphatic heterocycles. The van der Waals surface area contributed by atoms with Gasteiger partial charge in [0.25, 0.3) is 0 Å². The highest BCUT2D eigenvalue weighted by molar-refractivity contribution is 7.09. The van der Waals surface area contributed by atoms with Crippen LogP contribution >= 0.6 is 11.3 Å². The minimum absolute atomic E-state index is 0.00909. The summed E-state index contributed by atoms with van der Waals surface area (Å²) in [6, 6.07) is 7.06. The lowest BCUT2D eigenvalue weighted by molar-refractivity contribution is -0.384. The van der Waals surface area contributed by atoms with Crippen LogP contribution in [-0.2, 0) is 6.42 Å². The molecule has 0 aromatic carbocycles. The van der Waals surface area contributed by atoms with Crippen molar-refractivity contribution in [2.24, 2.45) is 0 Å². The highest BCUT2D eigenvalue weighted by Crippen LogP contribution is 2.23. The number of nitrogens with zero attached hydrogens (tertiary/aromatic N) is 2. The summed E-state index contributed by atoms with van der Waals surface area (Å²) in [6.07, 6.45) is 0.820. The van der Waals surface area contributed by atoms with Crippen molar-refractivity contribution in [3.63, 3.8) is 0 Å². The van der Waals surface area contributed by atoms with Gasteiger partial charge in [0, 0.05) is 24.5 Å². The van der Waals surface area contributed by atoms with Gasteiger partial charge in [0.05, 0.1) is 4.92 Å². The zero-order valence-corrected chi connectivity index (χ0v) is 11.2. The maximum absolute atomic E-state index is 10.9. The molecule has 2 rings (SSSR count). The first-order valence-electron chi connectivity index (χ1n) is 5.80. The molecule has 100 valence electrons. The second-order valence-electron chi connectivity index (χ2n) is 3.83. The standard InChI is InChI=1S/C12H14N4O2S/c1-13-11-5-4-10(16(17)18)12(15-11)14-7-6-9-3-2-8-19-9/h2-5,8H,6-7H2,1H3,(H2,13,14,15). The van der Waals surface area contributed by atoms with Crippen LogP contribution in [0.5, 0.6) is 0 Å². The molecule has 2 heterocycles. The fourth-order valence-corrected chi connectivity index (χ4v) is 2.34. The number of nitrogens with one attached hydrogen (secondary N) is 2. The number of nitro groups is 1. The van der Waals surface area contributed by atoms with Gasteiger partial charge < -0.3 is 10.6 Å². The maximum Gasteiger partial charge on any atom is 0.311 e. The second-order valence-corrected chi connectivity index (χ2v) is 4.86. The minimum Gasteiger partial charge on any atom is -0.373 e. The summed E-state index contributed by atoms with van der Waals surface area (Å²) in [5.41, 5.74) is -0.00909. The fraction of sp³-hybridized carbons (Fsp3) is 0.250. The molecule has 2 aromatic heterocycles. The molecule has 0 fully saturated rings. The molecule has 0 aliphatic carbocycles. The average molecular weight is 278 g/mol. The Morgan fingerprint density at radius 1 is 1.42 bits per heavy atom. The summed E-state index contributed by atoms with van der Waals surface area (Å²) in [5.74, 6) is 0.901. The largest absolute Gasteiger partial charge is 0.373 e. The van der Waals surface area contributed by atoms with Gasteiger partial charge in [0.1, 0.15) is 5.82 Å². The fourth-order valence-electron chi connectivity index (χ4n) is 1.63. The average Bonchev–Trinajstić information content (AvgIpc) is 2.91. The molecule has 7 heteroatoms. The first kappa shape index (κ1) is 13.3. The Labute approximate surface area is 114 Å². The predicted octanol–water partition coefficient (Wildman–Crippen LogP) is 2.75. The molecule has 0 saturated heterocycles. The van der Waals surface area contributed by atoms with Crippen molar-refractivity contribution in [1.82, 2.24) is 4.98 Å². The zero-order valence-electron chi connectivity index (χ0n) is 10.4. The van der Waals surface area contributed by atoms with Gasteiger partial charge >= 0.3 is 5.69 Å². The van der Waals surface area contributed by atoms with Crippen molar-refractivity contribution >= 4 is 28.7 Å². The molecular weight excluding hydrogens is 264 g/mol. The van der Waals surface area contributed by atoms with E-state index in [0.717, 1.165) is 6.42 Å². The normalized spacial score (nSPS) is 10.2. The van der Waals surface area contributed by atoms with Crippen molar-refractivity contribution in [2.75, 3.05) is 24.2 Å². The van der Waals surface area contributed by atoms with Crippen LogP contribution in [0.2, 0.25) is 0 Å². The van der Waals surface area contributed by atoms with Crippen molar-refractivity contribution < 1.29 is 4.92 Å². The summed E-state index contributed by atoms with van der Waals surface area (Å²) in [4.78, 5) is 15.9. The van der Waals surface area contributed by atoms with E-state index in [0.29, 0.717) is 18.2 Å². The van der Waals surface area contributed by atoms with Gasteiger partial charge in [0.2, 0.25) is 5.82 Å². The summed E-state index contributed by atoms with van der Waals surface area (Å²) in [7, 11) is 1.73. The molecule has 0 unspecified atom stereocenters. The lowest BCUT2D eigenvalue weighted by atomic mass is 10.3. The predicted molar refractivity (Wildman–Crippen MR) is 77.0 cm³/mol. The highest BCUT2D eigenvalue weighted by atomic mass is 32.1. The van der Waals surface area contributed by atoms with E-state index < -0.39 is 4.92 Å². The molecule has 2 N–H and O–H groups in total. The van der Waals surface area contributed by atoms with Gasteiger partial charge in [-0.15, -0.1) is 11.3 Å². The second kappa shape index (κ2) is 6.14. The van der Waals surface area contributed by atoms with E-state index >= 15 is 0 Å². The van der Waals surface area contributed by atoms with Crippen LogP contribution in [0.25, 0.3) is 0 Å². The van der Waals surface area contributed by atoms with E-state index in [9.17, 15) is 10.1 Å². The molecule has 0 aliphatic rings. The van der Waals surface area contributed by atoms with Crippen molar-refractivity contribution in [3.05, 3.63) is 44.6 Å². The van der Waals surface area contributed by atoms with E-state index in [2.05, 4.69) is 15.6 Å². The third kappa shape index (κ3) is 3.41. The van der Waals surface area contributed by atoms with E-state index in [1.54, 1.807) is 24.5 Å². The number of pyridine rings is 1. The monoisotopic (exact) mass is 278 g/mol. The number of rotatable bonds is 6. The van der Waals surface area contributed by atoms with Crippen molar-refractivity contribution in [3.8, 4) is 0 Å².